The van der Waals surface area contributed by atoms with E-state index in [2.05, 4.69) is 4.90 Å². The Hall–Kier alpha value is -1.71. The quantitative estimate of drug-likeness (QED) is 0.840. The van der Waals surface area contributed by atoms with Crippen molar-refractivity contribution >= 4 is 11.5 Å². The highest BCUT2D eigenvalue weighted by Gasteiger charge is 2.38. The monoisotopic (exact) mass is 263 g/mol. The summed E-state index contributed by atoms with van der Waals surface area (Å²) in [5, 5.41) is 0. The lowest BCUT2D eigenvalue weighted by Crippen LogP contribution is -2.54. The van der Waals surface area contributed by atoms with Crippen LogP contribution in [0.25, 0.3) is 0 Å². The van der Waals surface area contributed by atoms with E-state index in [1.54, 1.807) is 14.2 Å². The average Bonchev–Trinajstić information content (AvgIpc) is 2.41. The molecule has 0 radical (unpaired) electrons. The van der Waals surface area contributed by atoms with E-state index in [4.69, 9.17) is 9.47 Å². The van der Waals surface area contributed by atoms with Gasteiger partial charge < -0.3 is 14.4 Å². The minimum Gasteiger partial charge on any atom is -0.497 e. The third-order valence-corrected chi connectivity index (χ3v) is 3.82. The number of carbonyl (C=O) groups is 1. The fourth-order valence-electron chi connectivity index (χ4n) is 2.56. The van der Waals surface area contributed by atoms with Crippen molar-refractivity contribution in [3.63, 3.8) is 0 Å². The molecule has 0 amide bonds. The Morgan fingerprint density at radius 2 is 1.95 bits per heavy atom. The highest BCUT2D eigenvalue weighted by Crippen LogP contribution is 2.38. The summed E-state index contributed by atoms with van der Waals surface area (Å²) >= 11 is 0. The number of Topliss-reactive ketones (excluding diaryl/α,β-unsaturated/α-hetero) is 1. The van der Waals surface area contributed by atoms with Crippen molar-refractivity contribution in [1.29, 1.82) is 0 Å². The topological polar surface area (TPSA) is 38.8 Å². The zero-order valence-corrected chi connectivity index (χ0v) is 12.0. The van der Waals surface area contributed by atoms with Crippen LogP contribution in [0.5, 0.6) is 11.5 Å². The maximum atomic E-state index is 12.1. The molecule has 104 valence electrons. The molecule has 4 nitrogen and oxygen atoms in total. The van der Waals surface area contributed by atoms with E-state index in [1.807, 2.05) is 32.0 Å². The molecular weight excluding hydrogens is 242 g/mol. The molecule has 1 heterocycles. The molecule has 1 aliphatic heterocycles. The number of rotatable bonds is 3. The van der Waals surface area contributed by atoms with Gasteiger partial charge in [-0.2, -0.15) is 0 Å². The molecule has 4 heteroatoms. The van der Waals surface area contributed by atoms with Crippen molar-refractivity contribution in [2.45, 2.75) is 32.2 Å². The Morgan fingerprint density at radius 1 is 1.21 bits per heavy atom. The third-order valence-electron chi connectivity index (χ3n) is 3.82. The van der Waals surface area contributed by atoms with E-state index in [-0.39, 0.29) is 5.78 Å². The lowest BCUT2D eigenvalue weighted by atomic mass is 9.88. The maximum absolute atomic E-state index is 12.1. The largest absolute Gasteiger partial charge is 0.497 e. The molecule has 1 fully saturated rings. The minimum atomic E-state index is -0.486. The van der Waals surface area contributed by atoms with E-state index >= 15 is 0 Å². The van der Waals surface area contributed by atoms with E-state index in [0.29, 0.717) is 6.42 Å². The summed E-state index contributed by atoms with van der Waals surface area (Å²) in [5.74, 6) is 1.76. The molecule has 0 aromatic heterocycles. The number of anilines is 1. The Kier molecular flexibility index (Phi) is 3.69. The van der Waals surface area contributed by atoms with Gasteiger partial charge in [-0.15, -0.1) is 0 Å². The second-order valence-corrected chi connectivity index (χ2v) is 5.28. The molecule has 1 aromatic carbocycles. The van der Waals surface area contributed by atoms with Crippen LogP contribution in [0.4, 0.5) is 5.69 Å². The fourth-order valence-corrected chi connectivity index (χ4v) is 2.56. The van der Waals surface area contributed by atoms with Crippen molar-refractivity contribution in [3.8, 4) is 11.5 Å². The summed E-state index contributed by atoms with van der Waals surface area (Å²) in [5.41, 5.74) is 0.460. The van der Waals surface area contributed by atoms with Gasteiger partial charge in [-0.3, -0.25) is 4.79 Å². The smallest absolute Gasteiger partial charge is 0.157 e. The van der Waals surface area contributed by atoms with Crippen LogP contribution in [0, 0.1) is 0 Å². The average molecular weight is 263 g/mol. The van der Waals surface area contributed by atoms with E-state index in [1.165, 1.54) is 0 Å². The number of nitrogens with zero attached hydrogens (tertiary/aromatic N) is 1. The molecule has 1 aromatic rings. The van der Waals surface area contributed by atoms with E-state index < -0.39 is 5.54 Å². The summed E-state index contributed by atoms with van der Waals surface area (Å²) in [6.07, 6.45) is 1.54. The number of ketones is 1. The SMILES string of the molecule is COc1ccc(N2CCCC(=O)C2(C)C)c(OC)c1. The van der Waals surface area contributed by atoms with Crippen LogP contribution in [-0.2, 0) is 4.79 Å². The number of methoxy groups -OCH3 is 2. The molecule has 19 heavy (non-hydrogen) atoms. The summed E-state index contributed by atoms with van der Waals surface area (Å²) < 4.78 is 10.6. The molecular formula is C15H21NO3. The van der Waals surface area contributed by atoms with Gasteiger partial charge in [0.15, 0.2) is 5.78 Å². The van der Waals surface area contributed by atoms with Gasteiger partial charge >= 0.3 is 0 Å². The number of benzene rings is 1. The number of hydrogen-bond donors (Lipinski definition) is 0. The summed E-state index contributed by atoms with van der Waals surface area (Å²) in [6, 6.07) is 5.70. The molecule has 0 N–H and O–H groups in total. The fraction of sp³-hybridized carbons (Fsp3) is 0.533. The van der Waals surface area contributed by atoms with Crippen molar-refractivity contribution in [3.05, 3.63) is 18.2 Å². The molecule has 0 aliphatic carbocycles. The third kappa shape index (κ3) is 2.39. The van der Waals surface area contributed by atoms with Crippen LogP contribution in [0.2, 0.25) is 0 Å². The number of carbonyl (C=O) groups excluding carboxylic acids is 1. The first-order valence-corrected chi connectivity index (χ1v) is 6.53. The van der Waals surface area contributed by atoms with Gasteiger partial charge in [0.05, 0.1) is 25.4 Å². The highest BCUT2D eigenvalue weighted by atomic mass is 16.5. The first-order valence-electron chi connectivity index (χ1n) is 6.53. The number of piperidine rings is 1. The van der Waals surface area contributed by atoms with Gasteiger partial charge in [0.1, 0.15) is 11.5 Å². The zero-order chi connectivity index (χ0) is 14.0. The second kappa shape index (κ2) is 5.11. The summed E-state index contributed by atoms with van der Waals surface area (Å²) in [6.45, 7) is 4.80. The number of ether oxygens (including phenoxy) is 2. The van der Waals surface area contributed by atoms with Gasteiger partial charge in [0.25, 0.3) is 0 Å². The van der Waals surface area contributed by atoms with Crippen LogP contribution in [0.15, 0.2) is 18.2 Å². The van der Waals surface area contributed by atoms with Crippen LogP contribution in [-0.4, -0.2) is 32.1 Å². The Balaban J connectivity index is 2.42. The van der Waals surface area contributed by atoms with Crippen LogP contribution < -0.4 is 14.4 Å². The van der Waals surface area contributed by atoms with Crippen molar-refractivity contribution in [1.82, 2.24) is 0 Å². The number of hydrogen-bond acceptors (Lipinski definition) is 4. The van der Waals surface area contributed by atoms with Gasteiger partial charge in [0.2, 0.25) is 0 Å². The maximum Gasteiger partial charge on any atom is 0.157 e. The Labute approximate surface area is 114 Å². The van der Waals surface area contributed by atoms with Crippen LogP contribution >= 0.6 is 0 Å². The molecule has 1 saturated heterocycles. The Bertz CT molecular complexity index is 482. The van der Waals surface area contributed by atoms with E-state index in [0.717, 1.165) is 30.2 Å². The van der Waals surface area contributed by atoms with E-state index in [9.17, 15) is 4.79 Å². The highest BCUT2D eigenvalue weighted by molar-refractivity contribution is 5.92. The van der Waals surface area contributed by atoms with Crippen LogP contribution in [0.3, 0.4) is 0 Å². The lowest BCUT2D eigenvalue weighted by molar-refractivity contribution is -0.124. The first kappa shape index (κ1) is 13.7. The van der Waals surface area contributed by atoms with Crippen molar-refractivity contribution in [2.75, 3.05) is 25.7 Å². The molecule has 0 atom stereocenters. The lowest BCUT2D eigenvalue weighted by Gasteiger charge is -2.43. The molecule has 2 rings (SSSR count). The molecule has 0 spiro atoms. The standard InChI is InChI=1S/C15H21NO3/c1-15(2)14(17)6-5-9-16(15)12-8-7-11(18-3)10-13(12)19-4/h7-8,10H,5-6,9H2,1-4H3. The molecule has 0 unspecified atom stereocenters. The summed E-state index contributed by atoms with van der Waals surface area (Å²) in [4.78, 5) is 14.2. The predicted molar refractivity (Wildman–Crippen MR) is 75.2 cm³/mol. The Morgan fingerprint density at radius 3 is 2.58 bits per heavy atom. The molecule has 1 aliphatic rings. The van der Waals surface area contributed by atoms with Crippen LogP contribution in [0.1, 0.15) is 26.7 Å². The van der Waals surface area contributed by atoms with Gasteiger partial charge in [-0.05, 0) is 32.4 Å². The molecule has 0 saturated carbocycles. The van der Waals surface area contributed by atoms with Crippen molar-refractivity contribution in [2.24, 2.45) is 0 Å². The van der Waals surface area contributed by atoms with Gasteiger partial charge in [0, 0.05) is 19.0 Å². The molecule has 0 bridgehead atoms. The zero-order valence-electron chi connectivity index (χ0n) is 12.0. The first-order chi connectivity index (χ1) is 9.00. The summed E-state index contributed by atoms with van der Waals surface area (Å²) in [7, 11) is 3.26. The minimum absolute atomic E-state index is 0.275. The van der Waals surface area contributed by atoms with Gasteiger partial charge in [-0.25, -0.2) is 0 Å². The van der Waals surface area contributed by atoms with Gasteiger partial charge in [-0.1, -0.05) is 0 Å². The van der Waals surface area contributed by atoms with Crippen molar-refractivity contribution < 1.29 is 14.3 Å². The predicted octanol–water partition coefficient (Wildman–Crippen LogP) is 2.65. The second-order valence-electron chi connectivity index (χ2n) is 5.28. The normalized spacial score (nSPS) is 18.3.